The quantitative estimate of drug-likeness (QED) is 0.512. The number of carbonyl (C=O) groups is 1. The third-order valence-electron chi connectivity index (χ3n) is 5.43. The number of halogens is 1. The van der Waals surface area contributed by atoms with Crippen LogP contribution in [-0.2, 0) is 17.6 Å². The first-order valence-electron chi connectivity index (χ1n) is 10.6. The first-order valence-corrected chi connectivity index (χ1v) is 11.9. The summed E-state index contributed by atoms with van der Waals surface area (Å²) in [7, 11) is 1.58. The molecule has 2 N–H and O–H groups in total. The van der Waals surface area contributed by atoms with Gasteiger partial charge in [-0.2, -0.15) is 0 Å². The minimum Gasteiger partial charge on any atom is -0.495 e. The van der Waals surface area contributed by atoms with E-state index in [0.29, 0.717) is 15.9 Å². The van der Waals surface area contributed by atoms with Crippen LogP contribution in [0.2, 0.25) is 5.02 Å². The number of para-hydroxylation sites is 1. The van der Waals surface area contributed by atoms with Gasteiger partial charge in [-0.1, -0.05) is 61.5 Å². The second-order valence-electron chi connectivity index (χ2n) is 7.52. The Kier molecular flexibility index (Phi) is 6.91. The van der Waals surface area contributed by atoms with Crippen LogP contribution in [0, 0.1) is 0 Å². The highest BCUT2D eigenvalue weighted by molar-refractivity contribution is 8.00. The zero-order valence-corrected chi connectivity index (χ0v) is 19.8. The maximum atomic E-state index is 13.5. The van der Waals surface area contributed by atoms with Crippen LogP contribution >= 0.6 is 23.4 Å². The Morgan fingerprint density at radius 3 is 2.78 bits per heavy atom. The third kappa shape index (κ3) is 4.42. The highest BCUT2D eigenvalue weighted by Gasteiger charge is 2.38. The van der Waals surface area contributed by atoms with Crippen LogP contribution in [0.3, 0.4) is 0 Å². The average molecular weight is 472 g/mol. The highest BCUT2D eigenvalue weighted by Crippen LogP contribution is 2.39. The van der Waals surface area contributed by atoms with Gasteiger partial charge in [0.05, 0.1) is 18.2 Å². The van der Waals surface area contributed by atoms with Gasteiger partial charge in [-0.15, -0.1) is 10.2 Å². The van der Waals surface area contributed by atoms with Crippen molar-refractivity contribution in [2.75, 3.05) is 17.9 Å². The van der Waals surface area contributed by atoms with Gasteiger partial charge in [-0.25, -0.2) is 4.68 Å². The summed E-state index contributed by atoms with van der Waals surface area (Å²) in [5.74, 6) is 1.33. The standard InChI is InChI=1S/C23H26ClN5O2S/c1-4-8-19-26-27-23-29(19)28-20(15-11-12-18(31-3)16(24)13-15)21(32-23)22(30)25-17-10-7-6-9-14(17)5-2/h6-7,9-13,20-21,28H,4-5,8H2,1-3H3,(H,25,30)/t20-,21-/m1/s1. The van der Waals surface area contributed by atoms with Gasteiger partial charge in [0.1, 0.15) is 11.0 Å². The maximum absolute atomic E-state index is 13.5. The number of amides is 1. The molecular formula is C23H26ClN5O2S. The predicted molar refractivity (Wildman–Crippen MR) is 128 cm³/mol. The van der Waals surface area contributed by atoms with Gasteiger partial charge in [0.15, 0.2) is 5.82 Å². The molecule has 1 amide bonds. The van der Waals surface area contributed by atoms with Crippen molar-refractivity contribution in [2.24, 2.45) is 0 Å². The van der Waals surface area contributed by atoms with Crippen molar-refractivity contribution in [1.29, 1.82) is 0 Å². The summed E-state index contributed by atoms with van der Waals surface area (Å²) in [5.41, 5.74) is 6.27. The predicted octanol–water partition coefficient (Wildman–Crippen LogP) is 4.85. The van der Waals surface area contributed by atoms with Gasteiger partial charge in [-0.05, 0) is 42.2 Å². The van der Waals surface area contributed by atoms with E-state index < -0.39 is 5.25 Å². The molecule has 3 aromatic rings. The molecule has 0 radical (unpaired) electrons. The van der Waals surface area contributed by atoms with E-state index in [-0.39, 0.29) is 11.9 Å². The van der Waals surface area contributed by atoms with E-state index in [1.807, 2.05) is 47.1 Å². The number of ether oxygens (including phenoxy) is 1. The molecule has 32 heavy (non-hydrogen) atoms. The number of hydrogen-bond acceptors (Lipinski definition) is 6. The fraction of sp³-hybridized carbons (Fsp3) is 0.348. The maximum Gasteiger partial charge on any atom is 0.240 e. The summed E-state index contributed by atoms with van der Waals surface area (Å²) in [6.45, 7) is 4.17. The molecule has 2 atom stereocenters. The van der Waals surface area contributed by atoms with E-state index >= 15 is 0 Å². The molecule has 0 saturated heterocycles. The van der Waals surface area contributed by atoms with Crippen molar-refractivity contribution >= 4 is 35.0 Å². The minimum atomic E-state index is -0.476. The molecule has 9 heteroatoms. The molecule has 0 bridgehead atoms. The van der Waals surface area contributed by atoms with Gasteiger partial charge >= 0.3 is 0 Å². The molecule has 0 spiro atoms. The Hall–Kier alpha value is -2.71. The SMILES string of the molecule is CCCc1nnc2n1N[C@H](c1ccc(OC)c(Cl)c1)[C@H](C(=O)Nc1ccccc1CC)S2. The first kappa shape index (κ1) is 22.5. The topological polar surface area (TPSA) is 81.1 Å². The van der Waals surface area contributed by atoms with E-state index in [0.717, 1.165) is 41.9 Å². The molecule has 2 heterocycles. The van der Waals surface area contributed by atoms with Crippen LogP contribution in [0.1, 0.15) is 43.3 Å². The summed E-state index contributed by atoms with van der Waals surface area (Å²) < 4.78 is 7.19. The van der Waals surface area contributed by atoms with E-state index in [2.05, 4.69) is 34.8 Å². The van der Waals surface area contributed by atoms with Gasteiger partial charge in [-0.3, -0.25) is 4.79 Å². The van der Waals surface area contributed by atoms with E-state index in [4.69, 9.17) is 16.3 Å². The van der Waals surface area contributed by atoms with Crippen LogP contribution in [0.5, 0.6) is 5.75 Å². The van der Waals surface area contributed by atoms with Crippen molar-refractivity contribution in [3.63, 3.8) is 0 Å². The molecule has 2 aromatic carbocycles. The fourth-order valence-electron chi connectivity index (χ4n) is 3.76. The fourth-order valence-corrected chi connectivity index (χ4v) is 5.13. The van der Waals surface area contributed by atoms with Crippen LogP contribution in [0.15, 0.2) is 47.6 Å². The summed E-state index contributed by atoms with van der Waals surface area (Å²) in [6.07, 6.45) is 2.57. The zero-order chi connectivity index (χ0) is 22.7. The largest absolute Gasteiger partial charge is 0.495 e. The van der Waals surface area contributed by atoms with Crippen LogP contribution in [0.4, 0.5) is 5.69 Å². The van der Waals surface area contributed by atoms with E-state index in [1.165, 1.54) is 11.8 Å². The number of benzene rings is 2. The van der Waals surface area contributed by atoms with Crippen molar-refractivity contribution in [3.05, 3.63) is 64.4 Å². The summed E-state index contributed by atoms with van der Waals surface area (Å²) in [6, 6.07) is 13.1. The number of anilines is 1. The van der Waals surface area contributed by atoms with Gasteiger partial charge in [0.2, 0.25) is 11.1 Å². The molecule has 0 aliphatic carbocycles. The molecule has 0 saturated carbocycles. The number of carbonyl (C=O) groups excluding carboxylic acids is 1. The van der Waals surface area contributed by atoms with Gasteiger partial charge in [0.25, 0.3) is 0 Å². The average Bonchev–Trinajstić information content (AvgIpc) is 3.20. The first-order chi connectivity index (χ1) is 15.5. The van der Waals surface area contributed by atoms with Gasteiger partial charge < -0.3 is 15.5 Å². The number of hydrogen-bond donors (Lipinski definition) is 2. The van der Waals surface area contributed by atoms with Crippen molar-refractivity contribution in [3.8, 4) is 5.75 Å². The monoisotopic (exact) mass is 471 g/mol. The number of nitrogens with one attached hydrogen (secondary N) is 2. The lowest BCUT2D eigenvalue weighted by Gasteiger charge is -2.33. The van der Waals surface area contributed by atoms with Crippen molar-refractivity contribution in [1.82, 2.24) is 14.9 Å². The molecule has 1 aliphatic heterocycles. The number of fused-ring (bicyclic) bond motifs is 1. The molecule has 1 aliphatic rings. The smallest absolute Gasteiger partial charge is 0.240 e. The molecule has 4 rings (SSSR count). The molecule has 7 nitrogen and oxygen atoms in total. The number of aryl methyl sites for hydroxylation is 2. The van der Waals surface area contributed by atoms with Gasteiger partial charge in [0, 0.05) is 12.1 Å². The Labute approximate surface area is 196 Å². The lowest BCUT2D eigenvalue weighted by atomic mass is 10.0. The van der Waals surface area contributed by atoms with Crippen molar-refractivity contribution < 1.29 is 9.53 Å². The summed E-state index contributed by atoms with van der Waals surface area (Å²) in [5, 5.41) is 12.4. The summed E-state index contributed by atoms with van der Waals surface area (Å²) in [4.78, 5) is 13.5. The number of methoxy groups -OCH3 is 1. The molecule has 168 valence electrons. The lowest BCUT2D eigenvalue weighted by molar-refractivity contribution is -0.116. The van der Waals surface area contributed by atoms with Crippen LogP contribution < -0.4 is 15.5 Å². The third-order valence-corrected chi connectivity index (χ3v) is 6.94. The Bertz CT molecular complexity index is 1120. The van der Waals surface area contributed by atoms with E-state index in [1.54, 1.807) is 7.11 Å². The van der Waals surface area contributed by atoms with Crippen molar-refractivity contribution in [2.45, 2.75) is 49.6 Å². The second kappa shape index (κ2) is 9.83. The van der Waals surface area contributed by atoms with E-state index in [9.17, 15) is 4.79 Å². The number of nitrogens with zero attached hydrogens (tertiary/aromatic N) is 3. The molecule has 0 unspecified atom stereocenters. The number of rotatable bonds is 7. The summed E-state index contributed by atoms with van der Waals surface area (Å²) >= 11 is 7.82. The van der Waals surface area contributed by atoms with Crippen LogP contribution in [-0.4, -0.2) is 33.1 Å². The number of thioether (sulfide) groups is 1. The Morgan fingerprint density at radius 2 is 2.06 bits per heavy atom. The molecule has 0 fully saturated rings. The Morgan fingerprint density at radius 1 is 1.25 bits per heavy atom. The second-order valence-corrected chi connectivity index (χ2v) is 9.04. The number of aromatic nitrogens is 3. The lowest BCUT2D eigenvalue weighted by Crippen LogP contribution is -2.41. The minimum absolute atomic E-state index is 0.105. The Balaban J connectivity index is 1.70. The highest BCUT2D eigenvalue weighted by atomic mass is 35.5. The van der Waals surface area contributed by atoms with Crippen LogP contribution in [0.25, 0.3) is 0 Å². The normalized spacial score (nSPS) is 17.4. The zero-order valence-electron chi connectivity index (χ0n) is 18.3. The molecular weight excluding hydrogens is 446 g/mol. The molecule has 1 aromatic heterocycles.